The lowest BCUT2D eigenvalue weighted by atomic mass is 10.2. The number of halogens is 3. The van der Waals surface area contributed by atoms with Gasteiger partial charge in [0, 0.05) is 16.1 Å². The summed E-state index contributed by atoms with van der Waals surface area (Å²) in [5.74, 6) is -0.0463. The van der Waals surface area contributed by atoms with Gasteiger partial charge in [-0.2, -0.15) is 8.78 Å². The second kappa shape index (κ2) is 4.10. The first kappa shape index (κ1) is 10.3. The Hall–Kier alpha value is -1.23. The number of fused-ring (bicyclic) bond motifs is 1. The fourth-order valence-corrected chi connectivity index (χ4v) is 1.68. The molecule has 0 fully saturated rings. The lowest BCUT2D eigenvalue weighted by molar-refractivity contribution is -0.0517. The highest BCUT2D eigenvalue weighted by molar-refractivity contribution is 9.10. The van der Waals surface area contributed by atoms with Crippen LogP contribution in [0.15, 0.2) is 34.9 Å². The van der Waals surface area contributed by atoms with Gasteiger partial charge in [-0.15, -0.1) is 0 Å². The van der Waals surface area contributed by atoms with Crippen LogP contribution in [0.4, 0.5) is 8.78 Å². The van der Waals surface area contributed by atoms with Gasteiger partial charge < -0.3 is 4.74 Å². The van der Waals surface area contributed by atoms with Crippen LogP contribution in [0.1, 0.15) is 0 Å². The Labute approximate surface area is 93.0 Å². The van der Waals surface area contributed by atoms with Gasteiger partial charge in [-0.05, 0) is 29.7 Å². The maximum Gasteiger partial charge on any atom is 0.388 e. The number of nitrogens with zero attached hydrogens (tertiary/aromatic N) is 1. The predicted molar refractivity (Wildman–Crippen MR) is 56.1 cm³/mol. The third-order valence-electron chi connectivity index (χ3n) is 1.89. The quantitative estimate of drug-likeness (QED) is 0.834. The highest BCUT2D eigenvalue weighted by Crippen LogP contribution is 2.26. The molecule has 0 bridgehead atoms. The van der Waals surface area contributed by atoms with E-state index in [1.54, 1.807) is 18.2 Å². The molecule has 5 heteroatoms. The van der Waals surface area contributed by atoms with Crippen LogP contribution in [0.5, 0.6) is 5.88 Å². The highest BCUT2D eigenvalue weighted by atomic mass is 79.9. The molecule has 0 atom stereocenters. The summed E-state index contributed by atoms with van der Waals surface area (Å²) in [5.41, 5.74) is 0. The van der Waals surface area contributed by atoms with Gasteiger partial charge in [0.1, 0.15) is 0 Å². The number of hydrogen-bond acceptors (Lipinski definition) is 2. The van der Waals surface area contributed by atoms with Crippen LogP contribution in [-0.2, 0) is 0 Å². The van der Waals surface area contributed by atoms with Crippen LogP contribution in [0.3, 0.4) is 0 Å². The van der Waals surface area contributed by atoms with Crippen molar-refractivity contribution in [3.05, 3.63) is 34.9 Å². The van der Waals surface area contributed by atoms with Crippen molar-refractivity contribution in [2.45, 2.75) is 6.61 Å². The first-order chi connectivity index (χ1) is 7.16. The summed E-state index contributed by atoms with van der Waals surface area (Å²) in [5, 5.41) is 1.37. The van der Waals surface area contributed by atoms with Gasteiger partial charge in [0.2, 0.25) is 5.88 Å². The van der Waals surface area contributed by atoms with Crippen molar-refractivity contribution < 1.29 is 13.5 Å². The minimum Gasteiger partial charge on any atom is -0.416 e. The molecular weight excluding hydrogens is 268 g/mol. The average Bonchev–Trinajstić information content (AvgIpc) is 2.16. The second-order valence-electron chi connectivity index (χ2n) is 2.86. The number of pyridine rings is 1. The second-order valence-corrected chi connectivity index (χ2v) is 3.78. The van der Waals surface area contributed by atoms with Crippen molar-refractivity contribution in [3.63, 3.8) is 0 Å². The number of benzene rings is 1. The summed E-state index contributed by atoms with van der Waals surface area (Å²) in [6, 6.07) is 6.99. The molecule has 78 valence electrons. The van der Waals surface area contributed by atoms with E-state index in [1.807, 2.05) is 6.07 Å². The summed E-state index contributed by atoms with van der Waals surface area (Å²) in [6.45, 7) is -2.85. The van der Waals surface area contributed by atoms with Gasteiger partial charge in [0.05, 0.1) is 0 Å². The summed E-state index contributed by atoms with van der Waals surface area (Å²) < 4.78 is 29.3. The molecule has 15 heavy (non-hydrogen) atoms. The molecular formula is C10H6BrF2NO. The van der Waals surface area contributed by atoms with Crippen molar-refractivity contribution in [2.75, 3.05) is 0 Å². The molecule has 0 aliphatic rings. The monoisotopic (exact) mass is 273 g/mol. The van der Waals surface area contributed by atoms with Crippen molar-refractivity contribution in [1.29, 1.82) is 0 Å². The van der Waals surface area contributed by atoms with Crippen molar-refractivity contribution >= 4 is 26.7 Å². The van der Waals surface area contributed by atoms with Gasteiger partial charge in [-0.25, -0.2) is 4.98 Å². The third-order valence-corrected chi connectivity index (χ3v) is 2.38. The Kier molecular flexibility index (Phi) is 2.81. The lowest BCUT2D eigenvalue weighted by Crippen LogP contribution is -2.03. The van der Waals surface area contributed by atoms with E-state index in [-0.39, 0.29) is 5.88 Å². The van der Waals surface area contributed by atoms with E-state index in [0.717, 1.165) is 9.86 Å². The van der Waals surface area contributed by atoms with Gasteiger partial charge in [0.25, 0.3) is 0 Å². The number of alkyl halides is 2. The SMILES string of the molecule is FC(F)Oc1nccc2cc(Br)ccc12. The van der Waals surface area contributed by atoms with Crippen LogP contribution in [0.25, 0.3) is 10.8 Å². The zero-order valence-corrected chi connectivity index (χ0v) is 9.04. The average molecular weight is 274 g/mol. The van der Waals surface area contributed by atoms with Gasteiger partial charge in [0.15, 0.2) is 0 Å². The van der Waals surface area contributed by atoms with Gasteiger partial charge in [-0.1, -0.05) is 15.9 Å². The fourth-order valence-electron chi connectivity index (χ4n) is 1.30. The van der Waals surface area contributed by atoms with E-state index in [9.17, 15) is 8.78 Å². The van der Waals surface area contributed by atoms with E-state index >= 15 is 0 Å². The van der Waals surface area contributed by atoms with E-state index in [0.29, 0.717) is 5.39 Å². The fraction of sp³-hybridized carbons (Fsp3) is 0.100. The minimum atomic E-state index is -2.85. The first-order valence-corrected chi connectivity index (χ1v) is 4.95. The molecule has 0 radical (unpaired) electrons. The van der Waals surface area contributed by atoms with E-state index in [2.05, 4.69) is 25.7 Å². The molecule has 0 saturated heterocycles. The zero-order chi connectivity index (χ0) is 10.8. The molecule has 1 aromatic heterocycles. The molecule has 0 saturated carbocycles. The topological polar surface area (TPSA) is 22.1 Å². The number of ether oxygens (including phenoxy) is 1. The van der Waals surface area contributed by atoms with Crippen LogP contribution in [0.2, 0.25) is 0 Å². The van der Waals surface area contributed by atoms with Crippen LogP contribution in [0, 0.1) is 0 Å². The Morgan fingerprint density at radius 3 is 2.80 bits per heavy atom. The Morgan fingerprint density at radius 1 is 1.27 bits per heavy atom. The Balaban J connectivity index is 2.56. The molecule has 1 aromatic carbocycles. The Bertz CT molecular complexity index is 490. The number of hydrogen-bond donors (Lipinski definition) is 0. The van der Waals surface area contributed by atoms with Crippen LogP contribution in [-0.4, -0.2) is 11.6 Å². The van der Waals surface area contributed by atoms with Crippen molar-refractivity contribution in [1.82, 2.24) is 4.98 Å². The number of aromatic nitrogens is 1. The Morgan fingerprint density at radius 2 is 2.07 bits per heavy atom. The van der Waals surface area contributed by atoms with Gasteiger partial charge >= 0.3 is 6.61 Å². The van der Waals surface area contributed by atoms with Gasteiger partial charge in [-0.3, -0.25) is 0 Å². The third kappa shape index (κ3) is 2.23. The molecule has 0 spiro atoms. The first-order valence-electron chi connectivity index (χ1n) is 4.16. The highest BCUT2D eigenvalue weighted by Gasteiger charge is 2.09. The zero-order valence-electron chi connectivity index (χ0n) is 7.45. The molecule has 0 unspecified atom stereocenters. The molecule has 2 rings (SSSR count). The number of rotatable bonds is 2. The molecule has 2 aromatic rings. The molecule has 0 aliphatic heterocycles. The maximum absolute atomic E-state index is 12.1. The minimum absolute atomic E-state index is 0.0463. The lowest BCUT2D eigenvalue weighted by Gasteiger charge is -2.06. The maximum atomic E-state index is 12.1. The summed E-state index contributed by atoms with van der Waals surface area (Å²) in [4.78, 5) is 3.76. The van der Waals surface area contributed by atoms with Crippen LogP contribution < -0.4 is 4.74 Å². The predicted octanol–water partition coefficient (Wildman–Crippen LogP) is 3.60. The smallest absolute Gasteiger partial charge is 0.388 e. The molecule has 1 heterocycles. The van der Waals surface area contributed by atoms with Crippen molar-refractivity contribution in [2.24, 2.45) is 0 Å². The van der Waals surface area contributed by atoms with Crippen LogP contribution >= 0.6 is 15.9 Å². The normalized spacial score (nSPS) is 10.9. The molecule has 2 nitrogen and oxygen atoms in total. The summed E-state index contributed by atoms with van der Waals surface area (Å²) in [7, 11) is 0. The largest absolute Gasteiger partial charge is 0.416 e. The molecule has 0 N–H and O–H groups in total. The standard InChI is InChI=1S/C10H6BrF2NO/c11-7-1-2-8-6(5-7)3-4-14-9(8)15-10(12)13/h1-5,10H. The summed E-state index contributed by atoms with van der Waals surface area (Å²) >= 11 is 3.30. The summed E-state index contributed by atoms with van der Waals surface area (Å²) in [6.07, 6.45) is 1.44. The van der Waals surface area contributed by atoms with E-state index < -0.39 is 6.61 Å². The molecule has 0 aliphatic carbocycles. The van der Waals surface area contributed by atoms with E-state index in [4.69, 9.17) is 0 Å². The van der Waals surface area contributed by atoms with Crippen molar-refractivity contribution in [3.8, 4) is 5.88 Å². The molecule has 0 amide bonds. The van der Waals surface area contributed by atoms with E-state index in [1.165, 1.54) is 6.20 Å².